The summed E-state index contributed by atoms with van der Waals surface area (Å²) in [5, 5.41) is 1.94. The van der Waals surface area contributed by atoms with Crippen molar-refractivity contribution in [3.05, 3.63) is 21.9 Å². The van der Waals surface area contributed by atoms with Gasteiger partial charge in [0.15, 0.2) is 0 Å². The van der Waals surface area contributed by atoms with Gasteiger partial charge in [-0.15, -0.1) is 11.3 Å². The molecule has 2 N–H and O–H groups in total. The Morgan fingerprint density at radius 2 is 2.06 bits per heavy atom. The molecule has 0 bridgehead atoms. The predicted molar refractivity (Wildman–Crippen MR) is 68.7 cm³/mol. The quantitative estimate of drug-likeness (QED) is 0.896. The molecule has 0 aliphatic carbocycles. The van der Waals surface area contributed by atoms with Gasteiger partial charge >= 0.3 is 6.18 Å². The number of hydrogen-bond donors (Lipinski definition) is 1. The highest BCUT2D eigenvalue weighted by Crippen LogP contribution is 2.31. The van der Waals surface area contributed by atoms with Crippen molar-refractivity contribution in [3.8, 4) is 0 Å². The number of halogens is 3. The van der Waals surface area contributed by atoms with Crippen LogP contribution in [0.2, 0.25) is 0 Å². The maximum absolute atomic E-state index is 12.2. The van der Waals surface area contributed by atoms with Gasteiger partial charge in [-0.1, -0.05) is 0 Å². The summed E-state index contributed by atoms with van der Waals surface area (Å²) in [6, 6.07) is 1.60. The lowest BCUT2D eigenvalue weighted by Gasteiger charge is -2.31. The number of thiophene rings is 1. The van der Waals surface area contributed by atoms with Crippen molar-refractivity contribution in [2.24, 2.45) is 5.73 Å². The standard InChI is InChI=1S/C12H19F3N2S/c1-8-4-7-18-11(8)10(9(2)16)17(3)6-5-12(13,14)15/h4,7,9-10H,5-6,16H2,1-3H3. The van der Waals surface area contributed by atoms with E-state index in [-0.39, 0.29) is 18.6 Å². The number of likely N-dealkylation sites (N-methyl/N-ethyl adjacent to an activating group) is 1. The number of aryl methyl sites for hydroxylation is 1. The number of rotatable bonds is 5. The summed E-state index contributed by atoms with van der Waals surface area (Å²) in [6.45, 7) is 3.75. The average Bonchev–Trinajstić information content (AvgIpc) is 2.61. The van der Waals surface area contributed by atoms with E-state index in [1.165, 1.54) is 0 Å². The van der Waals surface area contributed by atoms with Gasteiger partial charge in [0.1, 0.15) is 0 Å². The van der Waals surface area contributed by atoms with E-state index >= 15 is 0 Å². The molecule has 0 radical (unpaired) electrons. The molecule has 1 rings (SSSR count). The summed E-state index contributed by atoms with van der Waals surface area (Å²) in [4.78, 5) is 2.74. The fraction of sp³-hybridized carbons (Fsp3) is 0.667. The van der Waals surface area contributed by atoms with E-state index in [2.05, 4.69) is 0 Å². The van der Waals surface area contributed by atoms with Crippen LogP contribution in [0.1, 0.15) is 29.8 Å². The Morgan fingerprint density at radius 3 is 2.44 bits per heavy atom. The topological polar surface area (TPSA) is 29.3 Å². The minimum atomic E-state index is -4.12. The summed E-state index contributed by atoms with van der Waals surface area (Å²) in [7, 11) is 1.69. The highest BCUT2D eigenvalue weighted by atomic mass is 32.1. The fourth-order valence-corrected chi connectivity index (χ4v) is 3.18. The zero-order valence-corrected chi connectivity index (χ0v) is 11.6. The van der Waals surface area contributed by atoms with Gasteiger partial charge in [-0.3, -0.25) is 4.90 Å². The molecule has 0 amide bonds. The maximum atomic E-state index is 12.2. The van der Waals surface area contributed by atoms with Gasteiger partial charge in [-0.25, -0.2) is 0 Å². The smallest absolute Gasteiger partial charge is 0.326 e. The molecule has 0 spiro atoms. The van der Waals surface area contributed by atoms with Gasteiger partial charge in [0.25, 0.3) is 0 Å². The molecule has 0 fully saturated rings. The van der Waals surface area contributed by atoms with E-state index in [9.17, 15) is 13.2 Å². The normalized spacial score (nSPS) is 16.0. The number of nitrogens with two attached hydrogens (primary N) is 1. The first-order chi connectivity index (χ1) is 8.22. The zero-order valence-electron chi connectivity index (χ0n) is 10.8. The van der Waals surface area contributed by atoms with E-state index in [4.69, 9.17) is 5.73 Å². The third kappa shape index (κ3) is 4.26. The van der Waals surface area contributed by atoms with Crippen molar-refractivity contribution in [3.63, 3.8) is 0 Å². The Balaban J connectivity index is 2.77. The molecule has 2 atom stereocenters. The van der Waals surface area contributed by atoms with E-state index in [1.54, 1.807) is 23.3 Å². The van der Waals surface area contributed by atoms with Crippen LogP contribution in [0.4, 0.5) is 13.2 Å². The summed E-state index contributed by atoms with van der Waals surface area (Å²) >= 11 is 1.54. The van der Waals surface area contributed by atoms with Crippen molar-refractivity contribution in [2.75, 3.05) is 13.6 Å². The molecular weight excluding hydrogens is 261 g/mol. The molecule has 18 heavy (non-hydrogen) atoms. The van der Waals surface area contributed by atoms with E-state index < -0.39 is 12.6 Å². The summed E-state index contributed by atoms with van der Waals surface area (Å²) in [6.07, 6.45) is -4.93. The second-order valence-corrected chi connectivity index (χ2v) is 5.57. The van der Waals surface area contributed by atoms with Gasteiger partial charge < -0.3 is 5.73 Å². The predicted octanol–water partition coefficient (Wildman–Crippen LogP) is 3.33. The van der Waals surface area contributed by atoms with Crippen LogP contribution in [-0.2, 0) is 0 Å². The number of nitrogens with zero attached hydrogens (tertiary/aromatic N) is 1. The number of hydrogen-bond acceptors (Lipinski definition) is 3. The number of alkyl halides is 3. The van der Waals surface area contributed by atoms with Crippen LogP contribution in [0.5, 0.6) is 0 Å². The molecule has 104 valence electrons. The Hall–Kier alpha value is -0.590. The molecule has 0 aliphatic rings. The lowest BCUT2D eigenvalue weighted by Crippen LogP contribution is -2.38. The highest BCUT2D eigenvalue weighted by molar-refractivity contribution is 7.10. The van der Waals surface area contributed by atoms with Gasteiger partial charge in [0.2, 0.25) is 0 Å². The largest absolute Gasteiger partial charge is 0.390 e. The van der Waals surface area contributed by atoms with Crippen molar-refractivity contribution < 1.29 is 13.2 Å². The van der Waals surface area contributed by atoms with Crippen LogP contribution >= 0.6 is 11.3 Å². The van der Waals surface area contributed by atoms with Gasteiger partial charge in [0.05, 0.1) is 12.5 Å². The van der Waals surface area contributed by atoms with Crippen LogP contribution in [0.15, 0.2) is 11.4 Å². The van der Waals surface area contributed by atoms with Gasteiger partial charge in [-0.05, 0) is 37.9 Å². The average molecular weight is 280 g/mol. The summed E-state index contributed by atoms with van der Waals surface area (Å²) in [5.41, 5.74) is 7.01. The van der Waals surface area contributed by atoms with Crippen LogP contribution in [0.3, 0.4) is 0 Å². The minimum Gasteiger partial charge on any atom is -0.326 e. The molecule has 0 saturated carbocycles. The van der Waals surface area contributed by atoms with Crippen LogP contribution < -0.4 is 5.73 Å². The van der Waals surface area contributed by atoms with E-state index in [0.717, 1.165) is 10.4 Å². The second-order valence-electron chi connectivity index (χ2n) is 4.62. The van der Waals surface area contributed by atoms with Crippen LogP contribution in [-0.4, -0.2) is 30.7 Å². The second kappa shape index (κ2) is 6.04. The molecule has 0 aromatic carbocycles. The van der Waals surface area contributed by atoms with Crippen molar-refractivity contribution in [2.45, 2.75) is 38.5 Å². The third-order valence-corrected chi connectivity index (χ3v) is 3.98. The molecule has 1 heterocycles. The summed E-state index contributed by atoms with van der Waals surface area (Å²) in [5.74, 6) is 0. The molecular formula is C12H19F3N2S. The SMILES string of the molecule is Cc1ccsc1C(C(C)N)N(C)CCC(F)(F)F. The van der Waals surface area contributed by atoms with Crippen LogP contribution in [0.25, 0.3) is 0 Å². The Morgan fingerprint density at radius 1 is 1.44 bits per heavy atom. The van der Waals surface area contributed by atoms with Crippen molar-refractivity contribution >= 4 is 11.3 Å². The third-order valence-electron chi connectivity index (χ3n) is 2.89. The summed E-state index contributed by atoms with van der Waals surface area (Å²) < 4.78 is 36.7. The first-order valence-electron chi connectivity index (χ1n) is 5.79. The molecule has 2 nitrogen and oxygen atoms in total. The highest BCUT2D eigenvalue weighted by Gasteiger charge is 2.30. The monoisotopic (exact) mass is 280 g/mol. The Bertz CT molecular complexity index is 374. The van der Waals surface area contributed by atoms with Crippen molar-refractivity contribution in [1.82, 2.24) is 4.90 Å². The molecule has 2 unspecified atom stereocenters. The van der Waals surface area contributed by atoms with Gasteiger partial charge in [-0.2, -0.15) is 13.2 Å². The van der Waals surface area contributed by atoms with E-state index in [1.807, 2.05) is 25.3 Å². The van der Waals surface area contributed by atoms with Crippen LogP contribution in [0, 0.1) is 6.92 Å². The molecule has 6 heteroatoms. The lowest BCUT2D eigenvalue weighted by atomic mass is 10.0. The van der Waals surface area contributed by atoms with Crippen molar-refractivity contribution in [1.29, 1.82) is 0 Å². The first-order valence-corrected chi connectivity index (χ1v) is 6.67. The molecule has 0 aliphatic heterocycles. The molecule has 1 aromatic rings. The minimum absolute atomic E-state index is 0.0347. The molecule has 1 aromatic heterocycles. The molecule has 0 saturated heterocycles. The Labute approximate surface area is 110 Å². The Kier molecular flexibility index (Phi) is 5.19. The zero-order chi connectivity index (χ0) is 13.9. The van der Waals surface area contributed by atoms with E-state index in [0.29, 0.717) is 0 Å². The maximum Gasteiger partial charge on any atom is 0.390 e. The lowest BCUT2D eigenvalue weighted by molar-refractivity contribution is -0.138. The fourth-order valence-electron chi connectivity index (χ4n) is 1.97. The first kappa shape index (κ1) is 15.5. The van der Waals surface area contributed by atoms with Gasteiger partial charge in [0, 0.05) is 17.5 Å².